The number of benzene rings is 8. The minimum absolute atomic E-state index is 1.02. The monoisotopic (exact) mass is 704 g/mol. The zero-order chi connectivity index (χ0) is 35.8. The van der Waals surface area contributed by atoms with Gasteiger partial charge < -0.3 is 0 Å². The first-order chi connectivity index (χ1) is 26.3. The standard InChI is InChI=1S/C52H48S/c53-35-17-6-4-2-1-3-5-8-18-38-27-29-41(30-28-38)50-37-44(33-34-45(50)40-20-9-7-10-21-40)52-48-25-15-13-23-46(48)51(47-24-14-16-26-49(47)52)43-32-31-39-19-11-12-22-42(39)36-43/h7,9-16,19-34,36-37,53H,1-6,8,17-18,35H2. The minimum atomic E-state index is 1.02. The van der Waals surface area contributed by atoms with Gasteiger partial charge >= 0.3 is 0 Å². The second-order valence-corrected chi connectivity index (χ2v) is 15.0. The van der Waals surface area contributed by atoms with Crippen molar-refractivity contribution < 1.29 is 0 Å². The zero-order valence-electron chi connectivity index (χ0n) is 30.6. The summed E-state index contributed by atoms with van der Waals surface area (Å²) in [6, 6.07) is 60.9. The molecular weight excluding hydrogens is 657 g/mol. The lowest BCUT2D eigenvalue weighted by Gasteiger charge is -2.19. The lowest BCUT2D eigenvalue weighted by Crippen LogP contribution is -1.93. The molecule has 0 radical (unpaired) electrons. The number of aryl methyl sites for hydroxylation is 1. The molecule has 0 fully saturated rings. The summed E-state index contributed by atoms with van der Waals surface area (Å²) >= 11 is 4.34. The number of rotatable bonds is 14. The second-order valence-electron chi connectivity index (χ2n) is 14.5. The molecule has 0 saturated heterocycles. The molecular formula is C52H48S. The van der Waals surface area contributed by atoms with Crippen LogP contribution in [0.25, 0.3) is 76.8 Å². The molecule has 0 N–H and O–H groups in total. The van der Waals surface area contributed by atoms with Crippen molar-refractivity contribution in [3.63, 3.8) is 0 Å². The lowest BCUT2D eigenvalue weighted by molar-refractivity contribution is 0.577. The summed E-state index contributed by atoms with van der Waals surface area (Å²) in [7, 11) is 0. The highest BCUT2D eigenvalue weighted by atomic mass is 32.1. The van der Waals surface area contributed by atoms with E-state index in [0.717, 1.165) is 12.2 Å². The maximum absolute atomic E-state index is 4.34. The Kier molecular flexibility index (Phi) is 11.0. The quantitative estimate of drug-likeness (QED) is 0.0650. The Bertz CT molecular complexity index is 2400. The molecule has 0 aliphatic rings. The molecule has 8 rings (SSSR count). The molecule has 53 heavy (non-hydrogen) atoms. The van der Waals surface area contributed by atoms with Crippen LogP contribution < -0.4 is 0 Å². The second kappa shape index (κ2) is 16.7. The van der Waals surface area contributed by atoms with Gasteiger partial charge in [-0.25, -0.2) is 0 Å². The van der Waals surface area contributed by atoms with Crippen molar-refractivity contribution in [3.8, 4) is 44.5 Å². The number of fused-ring (bicyclic) bond motifs is 3. The van der Waals surface area contributed by atoms with Crippen LogP contribution in [0, 0.1) is 0 Å². The molecule has 8 aromatic carbocycles. The van der Waals surface area contributed by atoms with Crippen LogP contribution in [-0.2, 0) is 6.42 Å². The van der Waals surface area contributed by atoms with Gasteiger partial charge in [-0.2, -0.15) is 12.6 Å². The van der Waals surface area contributed by atoms with E-state index in [1.54, 1.807) is 0 Å². The van der Waals surface area contributed by atoms with Gasteiger partial charge in [0, 0.05) is 0 Å². The Balaban J connectivity index is 1.17. The fourth-order valence-electron chi connectivity index (χ4n) is 8.26. The summed E-state index contributed by atoms with van der Waals surface area (Å²) in [4.78, 5) is 0. The average Bonchev–Trinajstić information content (AvgIpc) is 3.22. The molecule has 0 atom stereocenters. The van der Waals surface area contributed by atoms with E-state index in [9.17, 15) is 0 Å². The molecule has 8 aromatic rings. The first-order valence-corrected chi connectivity index (χ1v) is 20.2. The third kappa shape index (κ3) is 7.68. The SMILES string of the molecule is SCCCCCCCCCCc1ccc(-c2cc(-c3c4ccccc4c(-c4ccc5ccccc5c4)c4ccccc34)ccc2-c2ccccc2)cc1. The van der Waals surface area contributed by atoms with Gasteiger partial charge in [0.05, 0.1) is 0 Å². The van der Waals surface area contributed by atoms with E-state index in [0.29, 0.717) is 0 Å². The van der Waals surface area contributed by atoms with E-state index in [1.165, 1.54) is 134 Å². The molecule has 0 aromatic heterocycles. The summed E-state index contributed by atoms with van der Waals surface area (Å²) in [5, 5.41) is 7.65. The van der Waals surface area contributed by atoms with Gasteiger partial charge in [0.15, 0.2) is 0 Å². The Labute approximate surface area is 321 Å². The van der Waals surface area contributed by atoms with E-state index in [2.05, 4.69) is 176 Å². The Morgan fingerprint density at radius 3 is 1.42 bits per heavy atom. The van der Waals surface area contributed by atoms with Crippen LogP contribution in [0.2, 0.25) is 0 Å². The van der Waals surface area contributed by atoms with Crippen molar-refractivity contribution in [2.45, 2.75) is 57.8 Å². The summed E-state index contributed by atoms with van der Waals surface area (Å²) in [5.41, 5.74) is 11.5. The van der Waals surface area contributed by atoms with Gasteiger partial charge in [0.2, 0.25) is 0 Å². The Morgan fingerprint density at radius 2 is 0.792 bits per heavy atom. The van der Waals surface area contributed by atoms with Gasteiger partial charge in [-0.3, -0.25) is 0 Å². The maximum atomic E-state index is 4.34. The molecule has 0 nitrogen and oxygen atoms in total. The summed E-state index contributed by atoms with van der Waals surface area (Å²) in [6.07, 6.45) is 11.7. The number of hydrogen-bond acceptors (Lipinski definition) is 1. The third-order valence-electron chi connectivity index (χ3n) is 11.0. The normalized spacial score (nSPS) is 11.5. The molecule has 0 heterocycles. The number of unbranched alkanes of at least 4 members (excludes halogenated alkanes) is 7. The number of hydrogen-bond donors (Lipinski definition) is 1. The van der Waals surface area contributed by atoms with Gasteiger partial charge in [-0.1, -0.05) is 190 Å². The van der Waals surface area contributed by atoms with E-state index in [1.807, 2.05) is 0 Å². The summed E-state index contributed by atoms with van der Waals surface area (Å²) < 4.78 is 0. The fourth-order valence-corrected chi connectivity index (χ4v) is 8.48. The van der Waals surface area contributed by atoms with Gasteiger partial charge in [0.1, 0.15) is 0 Å². The fraction of sp³-hybridized carbons (Fsp3) is 0.192. The van der Waals surface area contributed by atoms with E-state index < -0.39 is 0 Å². The Morgan fingerprint density at radius 1 is 0.321 bits per heavy atom. The molecule has 0 aliphatic heterocycles. The molecule has 1 heteroatoms. The highest BCUT2D eigenvalue weighted by Gasteiger charge is 2.18. The van der Waals surface area contributed by atoms with Crippen LogP contribution in [0.1, 0.15) is 56.9 Å². The van der Waals surface area contributed by atoms with Crippen molar-refractivity contribution in [2.75, 3.05) is 5.75 Å². The van der Waals surface area contributed by atoms with Crippen LogP contribution in [0.3, 0.4) is 0 Å². The van der Waals surface area contributed by atoms with E-state index in [-0.39, 0.29) is 0 Å². The average molecular weight is 705 g/mol. The van der Waals surface area contributed by atoms with Crippen LogP contribution in [0.4, 0.5) is 0 Å². The van der Waals surface area contributed by atoms with E-state index in [4.69, 9.17) is 0 Å². The highest BCUT2D eigenvalue weighted by molar-refractivity contribution is 7.80. The zero-order valence-corrected chi connectivity index (χ0v) is 31.5. The maximum Gasteiger partial charge on any atom is -0.00261 e. The molecule has 0 aliphatic carbocycles. The van der Waals surface area contributed by atoms with Gasteiger partial charge in [0.25, 0.3) is 0 Å². The van der Waals surface area contributed by atoms with Crippen LogP contribution in [-0.4, -0.2) is 5.75 Å². The number of thiol groups is 1. The third-order valence-corrected chi connectivity index (χ3v) is 11.3. The first-order valence-electron chi connectivity index (χ1n) is 19.6. The molecule has 0 spiro atoms. The summed E-state index contributed by atoms with van der Waals surface area (Å²) in [5.74, 6) is 1.02. The topological polar surface area (TPSA) is 0 Å². The van der Waals surface area contributed by atoms with Crippen LogP contribution in [0.5, 0.6) is 0 Å². The lowest BCUT2D eigenvalue weighted by atomic mass is 9.84. The van der Waals surface area contributed by atoms with Gasteiger partial charge in [-0.05, 0) is 120 Å². The molecule has 262 valence electrons. The molecule has 0 bridgehead atoms. The van der Waals surface area contributed by atoms with Crippen molar-refractivity contribution in [3.05, 3.63) is 169 Å². The first kappa shape index (κ1) is 34.9. The minimum Gasteiger partial charge on any atom is -0.179 e. The largest absolute Gasteiger partial charge is 0.179 e. The van der Waals surface area contributed by atoms with E-state index >= 15 is 0 Å². The van der Waals surface area contributed by atoms with Crippen molar-refractivity contribution in [1.29, 1.82) is 0 Å². The van der Waals surface area contributed by atoms with Gasteiger partial charge in [-0.15, -0.1) is 0 Å². The van der Waals surface area contributed by atoms with Crippen LogP contribution in [0.15, 0.2) is 164 Å². The van der Waals surface area contributed by atoms with Crippen molar-refractivity contribution in [2.24, 2.45) is 0 Å². The van der Waals surface area contributed by atoms with Crippen molar-refractivity contribution in [1.82, 2.24) is 0 Å². The van der Waals surface area contributed by atoms with Crippen molar-refractivity contribution >= 4 is 44.9 Å². The predicted octanol–water partition coefficient (Wildman–Crippen LogP) is 15.4. The molecule has 0 unspecified atom stereocenters. The summed E-state index contributed by atoms with van der Waals surface area (Å²) in [6.45, 7) is 0. The smallest absolute Gasteiger partial charge is 0.00261 e. The Hall–Kier alpha value is -5.11. The molecule has 0 amide bonds. The molecule has 0 saturated carbocycles. The predicted molar refractivity (Wildman–Crippen MR) is 235 cm³/mol. The van der Waals surface area contributed by atoms with Crippen LogP contribution >= 0.6 is 12.6 Å². The highest BCUT2D eigenvalue weighted by Crippen LogP contribution is 2.45.